The molecule has 1 aliphatic heterocycles. The van der Waals surface area contributed by atoms with Crippen LogP contribution in [0.5, 0.6) is 5.75 Å². The van der Waals surface area contributed by atoms with E-state index in [1.54, 1.807) is 12.1 Å². The highest BCUT2D eigenvalue weighted by Gasteiger charge is 2.32. The molecule has 0 bridgehead atoms. The molecule has 0 spiro atoms. The highest BCUT2D eigenvalue weighted by molar-refractivity contribution is 6.31. The van der Waals surface area contributed by atoms with E-state index in [9.17, 15) is 19.8 Å². The molecule has 0 radical (unpaired) electrons. The molecule has 8 heteroatoms. The zero-order chi connectivity index (χ0) is 17.7. The van der Waals surface area contributed by atoms with Crippen LogP contribution < -0.4 is 16.2 Å². The van der Waals surface area contributed by atoms with E-state index in [0.29, 0.717) is 29.0 Å². The first-order valence-electron chi connectivity index (χ1n) is 8.27. The fourth-order valence-corrected chi connectivity index (χ4v) is 3.78. The van der Waals surface area contributed by atoms with Crippen LogP contribution in [0.2, 0.25) is 5.02 Å². The van der Waals surface area contributed by atoms with Gasteiger partial charge in [-0.1, -0.05) is 11.6 Å². The highest BCUT2D eigenvalue weighted by atomic mass is 35.5. The zero-order valence-electron chi connectivity index (χ0n) is 13.4. The molecule has 4 rings (SSSR count). The fourth-order valence-electron chi connectivity index (χ4n) is 3.56. The van der Waals surface area contributed by atoms with Crippen molar-refractivity contribution in [2.24, 2.45) is 0 Å². The van der Waals surface area contributed by atoms with Gasteiger partial charge in [-0.25, -0.2) is 4.79 Å². The fraction of sp³-hybridized carbons (Fsp3) is 0.412. The number of piperazine rings is 1. The zero-order valence-corrected chi connectivity index (χ0v) is 14.1. The van der Waals surface area contributed by atoms with Crippen molar-refractivity contribution in [3.8, 4) is 5.75 Å². The summed E-state index contributed by atoms with van der Waals surface area (Å²) in [4.78, 5) is 24.5. The van der Waals surface area contributed by atoms with E-state index in [0.717, 1.165) is 24.9 Å². The van der Waals surface area contributed by atoms with E-state index in [4.69, 9.17) is 11.6 Å². The van der Waals surface area contributed by atoms with Crippen molar-refractivity contribution in [3.63, 3.8) is 0 Å². The third kappa shape index (κ3) is 2.68. The number of nitrogens with zero attached hydrogens (tertiary/aromatic N) is 1. The number of nitrogens with one attached hydrogen (secondary N) is 2. The number of carboxylic acids is 1. The van der Waals surface area contributed by atoms with Gasteiger partial charge in [-0.15, -0.1) is 0 Å². The molecule has 1 aromatic heterocycles. The largest absolute Gasteiger partial charge is 0.506 e. The molecule has 1 aliphatic carbocycles. The number of hydrogen-bond donors (Lipinski definition) is 4. The second-order valence-corrected chi connectivity index (χ2v) is 6.98. The van der Waals surface area contributed by atoms with Gasteiger partial charge in [0.2, 0.25) is 0 Å². The van der Waals surface area contributed by atoms with Gasteiger partial charge in [0.1, 0.15) is 11.9 Å². The van der Waals surface area contributed by atoms with Crippen LogP contribution in [0.15, 0.2) is 16.9 Å². The molecular formula is C17H18ClN3O4. The van der Waals surface area contributed by atoms with Gasteiger partial charge < -0.3 is 15.5 Å². The smallest absolute Gasteiger partial charge is 0.345 e. The molecule has 1 saturated heterocycles. The first-order chi connectivity index (χ1) is 12.0. The third-order valence-electron chi connectivity index (χ3n) is 4.84. The lowest BCUT2D eigenvalue weighted by atomic mass is 10.0. The number of benzene rings is 1. The summed E-state index contributed by atoms with van der Waals surface area (Å²) >= 11 is 6.26. The second-order valence-electron chi connectivity index (χ2n) is 6.54. The number of halogens is 1. The predicted molar refractivity (Wildman–Crippen MR) is 93.7 cm³/mol. The van der Waals surface area contributed by atoms with Gasteiger partial charge in [-0.2, -0.15) is 0 Å². The van der Waals surface area contributed by atoms with Gasteiger partial charge in [-0.05, 0) is 36.5 Å². The van der Waals surface area contributed by atoms with Crippen LogP contribution >= 0.6 is 11.6 Å². The van der Waals surface area contributed by atoms with Crippen LogP contribution in [0.25, 0.3) is 10.9 Å². The van der Waals surface area contributed by atoms with Crippen molar-refractivity contribution >= 4 is 28.5 Å². The van der Waals surface area contributed by atoms with Crippen LogP contribution in [-0.4, -0.2) is 40.4 Å². The SMILES string of the molecule is O=C(O)c1c(O)c2c(C3CC3)cc(Cl)cc2n(C2CNCCN2)c1=O. The lowest BCUT2D eigenvalue weighted by Gasteiger charge is -2.28. The standard InChI is InChI=1S/C17H18ClN3O4/c18-9-5-10(8-1-2-8)13-11(6-9)21(12-7-19-3-4-20-12)16(23)14(15(13)22)17(24)25/h5-6,8,12,19-20,22H,1-4,7H2,(H,24,25). The lowest BCUT2D eigenvalue weighted by Crippen LogP contribution is -2.48. The Balaban J connectivity index is 2.11. The van der Waals surface area contributed by atoms with Gasteiger partial charge in [0.25, 0.3) is 5.56 Å². The van der Waals surface area contributed by atoms with Crippen molar-refractivity contribution in [3.05, 3.63) is 38.6 Å². The number of hydrogen-bond acceptors (Lipinski definition) is 5. The average molecular weight is 364 g/mol. The van der Waals surface area contributed by atoms with Gasteiger partial charge in [-0.3, -0.25) is 14.7 Å². The number of carboxylic acid groups (broad SMARTS) is 1. The summed E-state index contributed by atoms with van der Waals surface area (Å²) in [5, 5.41) is 27.4. The number of rotatable bonds is 3. The summed E-state index contributed by atoms with van der Waals surface area (Å²) in [6, 6.07) is 3.38. The Kier molecular flexibility index (Phi) is 3.94. The Morgan fingerprint density at radius 3 is 2.64 bits per heavy atom. The monoisotopic (exact) mass is 363 g/mol. The Morgan fingerprint density at radius 2 is 2.04 bits per heavy atom. The maximum Gasteiger partial charge on any atom is 0.345 e. The maximum absolute atomic E-state index is 12.9. The minimum Gasteiger partial charge on any atom is -0.506 e. The van der Waals surface area contributed by atoms with E-state index in [1.807, 2.05) is 0 Å². The van der Waals surface area contributed by atoms with Crippen molar-refractivity contribution in [2.45, 2.75) is 24.9 Å². The molecule has 7 nitrogen and oxygen atoms in total. The van der Waals surface area contributed by atoms with Crippen molar-refractivity contribution in [2.75, 3.05) is 19.6 Å². The summed E-state index contributed by atoms with van der Waals surface area (Å²) in [6.45, 7) is 1.89. The number of carbonyl (C=O) groups is 1. The Labute approximate surface area is 148 Å². The van der Waals surface area contributed by atoms with E-state index in [2.05, 4.69) is 10.6 Å². The molecule has 1 unspecified atom stereocenters. The Hall–Kier alpha value is -2.09. The van der Waals surface area contributed by atoms with Crippen molar-refractivity contribution < 1.29 is 15.0 Å². The molecule has 4 N–H and O–H groups in total. The second kappa shape index (κ2) is 6.01. The van der Waals surface area contributed by atoms with E-state index in [1.165, 1.54) is 4.57 Å². The van der Waals surface area contributed by atoms with Gasteiger partial charge in [0.05, 0.1) is 5.52 Å². The van der Waals surface area contributed by atoms with Gasteiger partial charge in [0.15, 0.2) is 5.56 Å². The predicted octanol–water partition coefficient (Wildman–Crippen LogP) is 1.63. The van der Waals surface area contributed by atoms with E-state index in [-0.39, 0.29) is 5.92 Å². The summed E-state index contributed by atoms with van der Waals surface area (Å²) < 4.78 is 1.41. The molecular weight excluding hydrogens is 346 g/mol. The summed E-state index contributed by atoms with van der Waals surface area (Å²) in [5.41, 5.74) is -0.0603. The number of aromatic nitrogens is 1. The molecule has 2 aromatic rings. The summed E-state index contributed by atoms with van der Waals surface area (Å²) in [7, 11) is 0. The van der Waals surface area contributed by atoms with E-state index >= 15 is 0 Å². The minimum absolute atomic E-state index is 0.233. The summed E-state index contributed by atoms with van der Waals surface area (Å²) in [5.74, 6) is -1.66. The normalized spacial score (nSPS) is 20.8. The van der Waals surface area contributed by atoms with E-state index < -0.39 is 29.0 Å². The van der Waals surface area contributed by atoms with Gasteiger partial charge in [0, 0.05) is 30.0 Å². The maximum atomic E-state index is 12.9. The first-order valence-corrected chi connectivity index (χ1v) is 8.65. The highest BCUT2D eigenvalue weighted by Crippen LogP contribution is 2.46. The Bertz CT molecular complexity index is 930. The van der Waals surface area contributed by atoms with Gasteiger partial charge >= 0.3 is 5.97 Å². The third-order valence-corrected chi connectivity index (χ3v) is 5.06. The van der Waals surface area contributed by atoms with Crippen LogP contribution in [0.1, 0.15) is 40.8 Å². The molecule has 2 aliphatic rings. The molecule has 2 fully saturated rings. The van der Waals surface area contributed by atoms with Crippen LogP contribution in [-0.2, 0) is 0 Å². The minimum atomic E-state index is -1.43. The molecule has 1 atom stereocenters. The number of fused-ring (bicyclic) bond motifs is 1. The Morgan fingerprint density at radius 1 is 1.28 bits per heavy atom. The molecule has 132 valence electrons. The lowest BCUT2D eigenvalue weighted by molar-refractivity contribution is 0.0691. The quantitative estimate of drug-likeness (QED) is 0.661. The summed E-state index contributed by atoms with van der Waals surface area (Å²) in [6.07, 6.45) is 1.51. The topological polar surface area (TPSA) is 104 Å². The molecule has 1 aromatic carbocycles. The molecule has 25 heavy (non-hydrogen) atoms. The van der Waals surface area contributed by atoms with Crippen molar-refractivity contribution in [1.82, 2.24) is 15.2 Å². The van der Waals surface area contributed by atoms with Crippen LogP contribution in [0.3, 0.4) is 0 Å². The number of aromatic carboxylic acids is 1. The first kappa shape index (κ1) is 16.4. The average Bonchev–Trinajstić information content (AvgIpc) is 3.39. The number of pyridine rings is 1. The molecule has 2 heterocycles. The molecule has 1 saturated carbocycles. The van der Waals surface area contributed by atoms with Crippen LogP contribution in [0.4, 0.5) is 0 Å². The number of aromatic hydroxyl groups is 1. The molecule has 0 amide bonds. The van der Waals surface area contributed by atoms with Crippen molar-refractivity contribution in [1.29, 1.82) is 0 Å². The van der Waals surface area contributed by atoms with Crippen LogP contribution in [0, 0.1) is 0 Å².